The molecular weight excluding hydrogens is 285 g/mol. The van der Waals surface area contributed by atoms with Crippen molar-refractivity contribution in [1.82, 2.24) is 4.90 Å². The molecule has 18 heavy (non-hydrogen) atoms. The minimum absolute atomic E-state index is 0.0247. The number of nitrogens with zero attached hydrogens (tertiary/aromatic N) is 1. The Bertz CT molecular complexity index is 408. The van der Waals surface area contributed by atoms with Crippen LogP contribution >= 0.6 is 0 Å². The summed E-state index contributed by atoms with van der Waals surface area (Å²) in [7, 11) is -8.69. The van der Waals surface area contributed by atoms with Gasteiger partial charge in [-0.2, -0.15) is 8.42 Å². The highest BCUT2D eigenvalue weighted by molar-refractivity contribution is 7.86. The van der Waals surface area contributed by atoms with Gasteiger partial charge in [0.1, 0.15) is 0 Å². The number of halogens is 1. The predicted octanol–water partition coefficient (Wildman–Crippen LogP) is -1.56. The van der Waals surface area contributed by atoms with Crippen molar-refractivity contribution in [3.05, 3.63) is 0 Å². The van der Waals surface area contributed by atoms with E-state index in [1.54, 1.807) is 0 Å². The Labute approximate surface area is 105 Å². The highest BCUT2D eigenvalue weighted by atomic mass is 32.3. The van der Waals surface area contributed by atoms with Gasteiger partial charge in [0.25, 0.3) is 0 Å². The average Bonchev–Trinajstić information content (AvgIpc) is 2.41. The fourth-order valence-electron chi connectivity index (χ4n) is 1.97. The monoisotopic (exact) mass is 301 g/mol. The molecule has 1 saturated heterocycles. The van der Waals surface area contributed by atoms with E-state index in [0.717, 1.165) is 0 Å². The largest absolute Gasteiger partial charge is 0.492 e. The average molecular weight is 301 g/mol. The Morgan fingerprint density at radius 1 is 1.39 bits per heavy atom. The maximum Gasteiger partial charge on any atom is 0.492 e. The molecule has 1 heterocycles. The molecule has 1 aliphatic rings. The van der Waals surface area contributed by atoms with Crippen molar-refractivity contribution in [2.75, 3.05) is 18.8 Å². The molecule has 1 aliphatic heterocycles. The maximum absolute atomic E-state index is 12.5. The smallest absolute Gasteiger partial charge is 0.390 e. The van der Waals surface area contributed by atoms with Crippen LogP contribution in [0.25, 0.3) is 0 Å². The molecule has 0 spiro atoms. The minimum Gasteiger partial charge on any atom is -0.390 e. The van der Waals surface area contributed by atoms with E-state index in [4.69, 9.17) is 14.4 Å². The van der Waals surface area contributed by atoms with Crippen LogP contribution in [0.3, 0.4) is 0 Å². The van der Waals surface area contributed by atoms with Crippen LogP contribution in [0.5, 0.6) is 0 Å². The van der Waals surface area contributed by atoms with Crippen LogP contribution in [-0.4, -0.2) is 61.3 Å². The molecule has 1 unspecified atom stereocenters. The van der Waals surface area contributed by atoms with Gasteiger partial charge in [-0.3, -0.25) is 4.79 Å². The van der Waals surface area contributed by atoms with Crippen LogP contribution in [0.1, 0.15) is 12.8 Å². The summed E-state index contributed by atoms with van der Waals surface area (Å²) in [6.45, 7) is 0.330. The third-order valence-corrected chi connectivity index (χ3v) is 4.56. The lowest BCUT2D eigenvalue weighted by molar-refractivity contribution is -0.127. The van der Waals surface area contributed by atoms with Crippen LogP contribution in [-0.2, 0) is 15.0 Å². The maximum atomic E-state index is 12.5. The molecule has 3 N–H and O–H groups in total. The summed E-state index contributed by atoms with van der Waals surface area (Å²) in [5, 5.41) is 0. The first-order valence-corrected chi connectivity index (χ1v) is 9.04. The SMILES string of the molecule is O=C1CC(CS(=O)(=O)F)CN1CCC[Si](O)(O)O. The molecule has 1 rings (SSSR count). The van der Waals surface area contributed by atoms with Crippen molar-refractivity contribution >= 4 is 24.9 Å². The van der Waals surface area contributed by atoms with Crippen molar-refractivity contribution in [2.45, 2.75) is 18.9 Å². The molecular formula is C8H16FNO6SSi. The molecule has 0 saturated carbocycles. The first-order valence-electron chi connectivity index (χ1n) is 5.44. The molecule has 0 aromatic carbocycles. The number of carbonyl (C=O) groups is 1. The van der Waals surface area contributed by atoms with Gasteiger partial charge in [-0.1, -0.05) is 0 Å². The minimum atomic E-state index is -4.59. The number of carbonyl (C=O) groups excluding carboxylic acids is 1. The molecule has 1 amide bonds. The van der Waals surface area contributed by atoms with Gasteiger partial charge in [0.05, 0.1) is 5.75 Å². The van der Waals surface area contributed by atoms with E-state index >= 15 is 0 Å². The number of hydrogen-bond acceptors (Lipinski definition) is 6. The Hall–Kier alpha value is -0.553. The normalized spacial score (nSPS) is 21.7. The summed E-state index contributed by atoms with van der Waals surface area (Å²) in [4.78, 5) is 39.1. The van der Waals surface area contributed by atoms with E-state index in [2.05, 4.69) is 0 Å². The highest BCUT2D eigenvalue weighted by Gasteiger charge is 2.33. The molecule has 0 bridgehead atoms. The Morgan fingerprint density at radius 3 is 2.50 bits per heavy atom. The van der Waals surface area contributed by atoms with Gasteiger partial charge in [0.2, 0.25) is 5.91 Å². The van der Waals surface area contributed by atoms with Crippen molar-refractivity contribution in [3.8, 4) is 0 Å². The van der Waals surface area contributed by atoms with Crippen LogP contribution in [0.15, 0.2) is 0 Å². The molecule has 0 aromatic heterocycles. The van der Waals surface area contributed by atoms with Gasteiger partial charge in [-0.15, -0.1) is 3.89 Å². The number of amides is 1. The zero-order valence-electron chi connectivity index (χ0n) is 9.62. The summed E-state index contributed by atoms with van der Waals surface area (Å²) in [6, 6.07) is -0.192. The zero-order valence-corrected chi connectivity index (χ0v) is 11.4. The van der Waals surface area contributed by atoms with Crippen LogP contribution in [0.2, 0.25) is 6.04 Å². The summed E-state index contributed by atoms with van der Waals surface area (Å²) in [5.41, 5.74) is 0. The standard InChI is InChI=1S/C8H16FNO6SSi/c9-17(12,13)6-7-4-8(11)10(5-7)2-1-3-18(14,15)16/h7,14-16H,1-6H2. The molecule has 0 aromatic rings. The highest BCUT2D eigenvalue weighted by Crippen LogP contribution is 2.20. The zero-order chi connectivity index (χ0) is 14.0. The molecule has 7 nitrogen and oxygen atoms in total. The Balaban J connectivity index is 2.39. The third kappa shape index (κ3) is 5.86. The van der Waals surface area contributed by atoms with E-state index in [-0.39, 0.29) is 37.9 Å². The van der Waals surface area contributed by atoms with Gasteiger partial charge in [0.15, 0.2) is 0 Å². The van der Waals surface area contributed by atoms with Crippen molar-refractivity contribution in [1.29, 1.82) is 0 Å². The first-order chi connectivity index (χ1) is 8.07. The number of likely N-dealkylation sites (tertiary alicyclic amines) is 1. The first kappa shape index (κ1) is 15.5. The van der Waals surface area contributed by atoms with E-state index in [9.17, 15) is 17.1 Å². The summed E-state index contributed by atoms with van der Waals surface area (Å²) < 4.78 is 33.4. The van der Waals surface area contributed by atoms with Crippen molar-refractivity contribution in [3.63, 3.8) is 0 Å². The lowest BCUT2D eigenvalue weighted by Crippen LogP contribution is -2.36. The summed E-state index contributed by atoms with van der Waals surface area (Å²) in [5.74, 6) is -1.52. The second kappa shape index (κ2) is 5.61. The summed E-state index contributed by atoms with van der Waals surface area (Å²) >= 11 is 0. The van der Waals surface area contributed by atoms with Gasteiger partial charge in [-0.05, 0) is 6.42 Å². The van der Waals surface area contributed by atoms with E-state index < -0.39 is 30.7 Å². The molecule has 106 valence electrons. The van der Waals surface area contributed by atoms with Crippen molar-refractivity contribution < 1.29 is 31.5 Å². The molecule has 0 radical (unpaired) electrons. The lowest BCUT2D eigenvalue weighted by atomic mass is 10.1. The number of hydrogen-bond donors (Lipinski definition) is 3. The molecule has 1 atom stereocenters. The lowest BCUT2D eigenvalue weighted by Gasteiger charge is -2.17. The molecule has 10 heteroatoms. The fourth-order valence-corrected chi connectivity index (χ4v) is 3.39. The quantitative estimate of drug-likeness (QED) is 0.404. The predicted molar refractivity (Wildman–Crippen MR) is 61.4 cm³/mol. The van der Waals surface area contributed by atoms with Gasteiger partial charge < -0.3 is 19.3 Å². The third-order valence-electron chi connectivity index (χ3n) is 2.67. The number of rotatable bonds is 6. The van der Waals surface area contributed by atoms with Crippen molar-refractivity contribution in [2.24, 2.45) is 5.92 Å². The van der Waals surface area contributed by atoms with E-state index in [0.29, 0.717) is 0 Å². The second-order valence-electron chi connectivity index (χ2n) is 4.49. The van der Waals surface area contributed by atoms with Crippen LogP contribution in [0.4, 0.5) is 3.89 Å². The van der Waals surface area contributed by atoms with Gasteiger partial charge >= 0.3 is 19.0 Å². The van der Waals surface area contributed by atoms with Gasteiger partial charge in [0, 0.05) is 31.5 Å². The molecule has 0 aliphatic carbocycles. The van der Waals surface area contributed by atoms with Crippen LogP contribution < -0.4 is 0 Å². The second-order valence-corrected chi connectivity index (χ2v) is 7.95. The summed E-state index contributed by atoms with van der Waals surface area (Å²) in [6.07, 6.45) is 0.180. The van der Waals surface area contributed by atoms with Gasteiger partial charge in [-0.25, -0.2) is 0 Å². The Morgan fingerprint density at radius 2 is 2.00 bits per heavy atom. The Kier molecular flexibility index (Phi) is 4.83. The topological polar surface area (TPSA) is 115 Å². The van der Waals surface area contributed by atoms with E-state index in [1.165, 1.54) is 4.90 Å². The van der Waals surface area contributed by atoms with Crippen LogP contribution in [0, 0.1) is 5.92 Å². The van der Waals surface area contributed by atoms with E-state index in [1.807, 2.05) is 0 Å². The molecule has 1 fully saturated rings. The fraction of sp³-hybridized carbons (Fsp3) is 0.875.